The first-order valence-corrected chi connectivity index (χ1v) is 5.92. The van der Waals surface area contributed by atoms with Gasteiger partial charge in [-0.05, 0) is 12.1 Å². The average Bonchev–Trinajstić information content (AvgIpc) is 2.75. The van der Waals surface area contributed by atoms with Gasteiger partial charge in [-0.1, -0.05) is 13.8 Å². The summed E-state index contributed by atoms with van der Waals surface area (Å²) >= 11 is 0. The highest BCUT2D eigenvalue weighted by Crippen LogP contribution is 2.23. The van der Waals surface area contributed by atoms with Gasteiger partial charge in [-0.3, -0.25) is 9.59 Å². The van der Waals surface area contributed by atoms with Crippen LogP contribution in [-0.2, 0) is 16.0 Å². The van der Waals surface area contributed by atoms with E-state index in [0.29, 0.717) is 6.54 Å². The van der Waals surface area contributed by atoms with E-state index in [0.717, 1.165) is 12.1 Å². The van der Waals surface area contributed by atoms with Crippen LogP contribution in [-0.4, -0.2) is 40.5 Å². The summed E-state index contributed by atoms with van der Waals surface area (Å²) in [7, 11) is 1.70. The van der Waals surface area contributed by atoms with Crippen molar-refractivity contribution in [1.29, 1.82) is 0 Å². The smallest absolute Gasteiger partial charge is 0.304 e. The van der Waals surface area contributed by atoms with E-state index in [-0.39, 0.29) is 12.3 Å². The number of hydrogen-bond donors (Lipinski definition) is 2. The summed E-state index contributed by atoms with van der Waals surface area (Å²) in [6.07, 6.45) is 2.42. The number of likely N-dealkylation sites (N-methyl/N-ethyl adjacent to an activating group) is 1. The van der Waals surface area contributed by atoms with Gasteiger partial charge in [0.25, 0.3) is 0 Å². The van der Waals surface area contributed by atoms with E-state index in [4.69, 9.17) is 5.11 Å². The van der Waals surface area contributed by atoms with Crippen LogP contribution in [0, 0.1) is 5.41 Å². The van der Waals surface area contributed by atoms with Crippen molar-refractivity contribution in [2.75, 3.05) is 13.6 Å². The monoisotopic (exact) mass is 252 g/mol. The second-order valence-corrected chi connectivity index (χ2v) is 5.13. The molecule has 1 heterocycles. The molecule has 100 valence electrons. The first-order chi connectivity index (χ1) is 8.33. The Morgan fingerprint density at radius 1 is 1.44 bits per heavy atom. The molecule has 0 atom stereocenters. The van der Waals surface area contributed by atoms with Gasteiger partial charge in [-0.25, -0.2) is 0 Å². The van der Waals surface area contributed by atoms with Crippen LogP contribution in [0.3, 0.4) is 0 Å². The van der Waals surface area contributed by atoms with Crippen LogP contribution in [0.2, 0.25) is 0 Å². The van der Waals surface area contributed by atoms with Crippen molar-refractivity contribution < 1.29 is 14.7 Å². The highest BCUT2D eigenvalue weighted by molar-refractivity contribution is 5.86. The van der Waals surface area contributed by atoms with Crippen molar-refractivity contribution in [3.8, 4) is 0 Å². The van der Waals surface area contributed by atoms with Crippen LogP contribution < -0.4 is 0 Å². The molecular formula is C13H20N2O3. The van der Waals surface area contributed by atoms with Crippen LogP contribution in [0.15, 0.2) is 18.3 Å². The summed E-state index contributed by atoms with van der Waals surface area (Å²) in [5, 5.41) is 8.78. The summed E-state index contributed by atoms with van der Waals surface area (Å²) in [4.78, 5) is 27.5. The maximum Gasteiger partial charge on any atom is 0.304 e. The molecule has 1 amide bonds. The van der Waals surface area contributed by atoms with Gasteiger partial charge in [0.1, 0.15) is 0 Å². The van der Waals surface area contributed by atoms with Gasteiger partial charge in [-0.15, -0.1) is 0 Å². The third-order valence-corrected chi connectivity index (χ3v) is 2.90. The predicted octanol–water partition coefficient (Wildman–Crippen LogP) is 1.52. The fourth-order valence-electron chi connectivity index (χ4n) is 1.88. The Labute approximate surface area is 107 Å². The van der Waals surface area contributed by atoms with Gasteiger partial charge < -0.3 is 15.0 Å². The second-order valence-electron chi connectivity index (χ2n) is 5.13. The van der Waals surface area contributed by atoms with Crippen LogP contribution in [0.1, 0.15) is 26.0 Å². The standard InChI is InChI=1S/C13H20N2O3/c1-13(2,9-11(16)17)12(18)15(3)8-6-10-5-4-7-14-10/h4-5,7,14H,6,8-9H2,1-3H3,(H,16,17). The lowest BCUT2D eigenvalue weighted by molar-refractivity contribution is -0.148. The molecule has 0 aliphatic rings. The minimum absolute atomic E-state index is 0.142. The van der Waals surface area contributed by atoms with Gasteiger partial charge in [0.05, 0.1) is 11.8 Å². The Balaban J connectivity index is 2.52. The number of hydrogen-bond acceptors (Lipinski definition) is 2. The quantitative estimate of drug-likeness (QED) is 0.806. The molecule has 0 spiro atoms. The van der Waals surface area contributed by atoms with Crippen LogP contribution in [0.4, 0.5) is 0 Å². The fourth-order valence-corrected chi connectivity index (χ4v) is 1.88. The molecule has 0 saturated carbocycles. The van der Waals surface area contributed by atoms with E-state index in [1.807, 2.05) is 18.3 Å². The lowest BCUT2D eigenvalue weighted by atomic mass is 9.87. The number of carbonyl (C=O) groups is 2. The van der Waals surface area contributed by atoms with Crippen molar-refractivity contribution >= 4 is 11.9 Å². The van der Waals surface area contributed by atoms with E-state index in [1.165, 1.54) is 0 Å². The molecule has 0 fully saturated rings. The minimum atomic E-state index is -0.953. The summed E-state index contributed by atoms with van der Waals surface area (Å²) < 4.78 is 0. The molecular weight excluding hydrogens is 232 g/mol. The Hall–Kier alpha value is -1.78. The summed E-state index contributed by atoms with van der Waals surface area (Å²) in [6.45, 7) is 3.89. The lowest BCUT2D eigenvalue weighted by Crippen LogP contribution is -2.40. The number of aromatic nitrogens is 1. The van der Waals surface area contributed by atoms with Gasteiger partial charge >= 0.3 is 5.97 Å². The van der Waals surface area contributed by atoms with Gasteiger partial charge in [0.15, 0.2) is 0 Å². The third kappa shape index (κ3) is 3.91. The summed E-state index contributed by atoms with van der Waals surface area (Å²) in [6, 6.07) is 3.87. The van der Waals surface area contributed by atoms with E-state index in [9.17, 15) is 9.59 Å². The maximum absolute atomic E-state index is 12.1. The zero-order valence-corrected chi connectivity index (χ0v) is 11.1. The number of carboxylic acid groups (broad SMARTS) is 1. The molecule has 1 aromatic rings. The molecule has 2 N–H and O–H groups in total. The molecule has 5 heteroatoms. The van der Waals surface area contributed by atoms with E-state index in [1.54, 1.807) is 25.8 Å². The third-order valence-electron chi connectivity index (χ3n) is 2.90. The number of carboxylic acids is 1. The number of amides is 1. The Kier molecular flexibility index (Phi) is 4.53. The first kappa shape index (κ1) is 14.3. The van der Waals surface area contributed by atoms with Crippen molar-refractivity contribution in [1.82, 2.24) is 9.88 Å². The zero-order valence-electron chi connectivity index (χ0n) is 11.1. The molecule has 1 aromatic heterocycles. The number of nitrogens with one attached hydrogen (secondary N) is 1. The molecule has 18 heavy (non-hydrogen) atoms. The molecule has 0 aliphatic heterocycles. The predicted molar refractivity (Wildman–Crippen MR) is 68.2 cm³/mol. The molecule has 0 aromatic carbocycles. The summed E-state index contributed by atoms with van der Waals surface area (Å²) in [5.41, 5.74) is 0.196. The van der Waals surface area contributed by atoms with Crippen molar-refractivity contribution in [2.24, 2.45) is 5.41 Å². The highest BCUT2D eigenvalue weighted by Gasteiger charge is 2.32. The van der Waals surface area contributed by atoms with E-state index >= 15 is 0 Å². The molecule has 5 nitrogen and oxygen atoms in total. The van der Waals surface area contributed by atoms with Gasteiger partial charge in [-0.2, -0.15) is 0 Å². The van der Waals surface area contributed by atoms with Crippen LogP contribution in [0.5, 0.6) is 0 Å². The molecule has 0 saturated heterocycles. The average molecular weight is 252 g/mol. The van der Waals surface area contributed by atoms with Crippen molar-refractivity contribution in [3.05, 3.63) is 24.0 Å². The van der Waals surface area contributed by atoms with Crippen molar-refractivity contribution in [3.63, 3.8) is 0 Å². The molecule has 1 rings (SSSR count). The largest absolute Gasteiger partial charge is 0.481 e. The summed E-state index contributed by atoms with van der Waals surface area (Å²) in [5.74, 6) is -1.09. The number of nitrogens with zero attached hydrogens (tertiary/aromatic N) is 1. The highest BCUT2D eigenvalue weighted by atomic mass is 16.4. The zero-order chi connectivity index (χ0) is 13.8. The number of aliphatic carboxylic acids is 1. The Morgan fingerprint density at radius 3 is 2.61 bits per heavy atom. The Morgan fingerprint density at radius 2 is 2.11 bits per heavy atom. The van der Waals surface area contributed by atoms with Crippen LogP contribution >= 0.6 is 0 Å². The van der Waals surface area contributed by atoms with E-state index in [2.05, 4.69) is 4.98 Å². The van der Waals surface area contributed by atoms with Gasteiger partial charge in [0, 0.05) is 31.9 Å². The lowest BCUT2D eigenvalue weighted by Gasteiger charge is -2.28. The topological polar surface area (TPSA) is 73.4 Å². The van der Waals surface area contributed by atoms with Crippen LogP contribution in [0.25, 0.3) is 0 Å². The van der Waals surface area contributed by atoms with Gasteiger partial charge in [0.2, 0.25) is 5.91 Å². The molecule has 0 bridgehead atoms. The normalized spacial score (nSPS) is 11.3. The molecule has 0 aliphatic carbocycles. The minimum Gasteiger partial charge on any atom is -0.481 e. The van der Waals surface area contributed by atoms with E-state index < -0.39 is 11.4 Å². The Bertz CT molecular complexity index is 410. The number of rotatable bonds is 6. The molecule has 0 radical (unpaired) electrons. The number of aromatic amines is 1. The fraction of sp³-hybridized carbons (Fsp3) is 0.538. The number of carbonyl (C=O) groups excluding carboxylic acids is 1. The molecule has 0 unspecified atom stereocenters. The second kappa shape index (κ2) is 5.71. The number of H-pyrrole nitrogens is 1. The SMILES string of the molecule is CN(CCc1ccc[nH]1)C(=O)C(C)(C)CC(=O)O. The maximum atomic E-state index is 12.1. The first-order valence-electron chi connectivity index (χ1n) is 5.92. The van der Waals surface area contributed by atoms with Crippen molar-refractivity contribution in [2.45, 2.75) is 26.7 Å².